The Bertz CT molecular complexity index is 792. The second kappa shape index (κ2) is 8.12. The minimum absolute atomic E-state index is 0.182. The van der Waals surface area contributed by atoms with E-state index in [0.717, 1.165) is 17.7 Å². The normalized spacial score (nSPS) is 19.1. The Kier molecular flexibility index (Phi) is 5.64. The maximum Gasteiger partial charge on any atom is 0.325 e. The van der Waals surface area contributed by atoms with Crippen LogP contribution in [0.2, 0.25) is 0 Å². The van der Waals surface area contributed by atoms with Crippen molar-refractivity contribution in [1.29, 1.82) is 0 Å². The molecule has 6 heteroatoms. The van der Waals surface area contributed by atoms with Crippen LogP contribution < -0.4 is 14.8 Å². The van der Waals surface area contributed by atoms with Crippen molar-refractivity contribution in [2.45, 2.75) is 25.8 Å². The van der Waals surface area contributed by atoms with E-state index >= 15 is 0 Å². The highest BCUT2D eigenvalue weighted by atomic mass is 16.5. The molecule has 2 aromatic rings. The van der Waals surface area contributed by atoms with Crippen molar-refractivity contribution in [2.75, 3.05) is 19.8 Å². The molecule has 1 atom stereocenters. The van der Waals surface area contributed by atoms with E-state index in [1.807, 2.05) is 54.6 Å². The average Bonchev–Trinajstić information content (AvgIpc) is 2.92. The number of urea groups is 1. The summed E-state index contributed by atoms with van der Waals surface area (Å²) in [5, 5.41) is 2.79. The second-order valence-electron chi connectivity index (χ2n) is 6.55. The van der Waals surface area contributed by atoms with Gasteiger partial charge in [-0.3, -0.25) is 9.69 Å². The molecule has 0 saturated carbocycles. The molecule has 142 valence electrons. The molecule has 0 aromatic heterocycles. The van der Waals surface area contributed by atoms with Gasteiger partial charge in [0.15, 0.2) is 0 Å². The van der Waals surface area contributed by atoms with Crippen LogP contribution in [0.4, 0.5) is 4.79 Å². The van der Waals surface area contributed by atoms with Crippen molar-refractivity contribution in [3.63, 3.8) is 0 Å². The van der Waals surface area contributed by atoms with Gasteiger partial charge in [-0.05, 0) is 43.2 Å². The summed E-state index contributed by atoms with van der Waals surface area (Å²) in [7, 11) is 0. The maximum absolute atomic E-state index is 12.8. The zero-order valence-electron chi connectivity index (χ0n) is 15.6. The number of amides is 3. The van der Waals surface area contributed by atoms with Gasteiger partial charge in [0.25, 0.3) is 5.91 Å². The number of ether oxygens (including phenoxy) is 2. The molecule has 1 fully saturated rings. The Morgan fingerprint density at radius 3 is 2.11 bits per heavy atom. The number of nitrogens with zero attached hydrogens (tertiary/aromatic N) is 1. The average molecular weight is 368 g/mol. The zero-order valence-corrected chi connectivity index (χ0v) is 15.6. The van der Waals surface area contributed by atoms with Crippen molar-refractivity contribution in [2.24, 2.45) is 0 Å². The molecule has 3 amide bonds. The lowest BCUT2D eigenvalue weighted by atomic mass is 9.92. The van der Waals surface area contributed by atoms with Crippen molar-refractivity contribution < 1.29 is 19.1 Å². The third kappa shape index (κ3) is 4.05. The van der Waals surface area contributed by atoms with Gasteiger partial charge in [0, 0.05) is 0 Å². The molecule has 1 heterocycles. The second-order valence-corrected chi connectivity index (χ2v) is 6.55. The lowest BCUT2D eigenvalue weighted by molar-refractivity contribution is -0.131. The Morgan fingerprint density at radius 1 is 0.926 bits per heavy atom. The van der Waals surface area contributed by atoms with Crippen molar-refractivity contribution in [3.05, 3.63) is 60.2 Å². The predicted molar refractivity (Wildman–Crippen MR) is 102 cm³/mol. The van der Waals surface area contributed by atoms with Crippen LogP contribution in [0.1, 0.15) is 25.8 Å². The summed E-state index contributed by atoms with van der Waals surface area (Å²) in [6, 6.07) is 16.1. The van der Waals surface area contributed by atoms with Gasteiger partial charge >= 0.3 is 6.03 Å². The molecule has 0 radical (unpaired) electrons. The largest absolute Gasteiger partial charge is 0.494 e. The van der Waals surface area contributed by atoms with Crippen LogP contribution in [0.15, 0.2) is 54.6 Å². The Balaban J connectivity index is 1.57. The van der Waals surface area contributed by atoms with Crippen LogP contribution in [-0.4, -0.2) is 36.6 Å². The molecular weight excluding hydrogens is 344 g/mol. The first-order chi connectivity index (χ1) is 13.0. The number of carbonyl (C=O) groups excluding carboxylic acids is 2. The van der Waals surface area contributed by atoms with Crippen LogP contribution in [0.3, 0.4) is 0 Å². The summed E-state index contributed by atoms with van der Waals surface area (Å²) in [5.41, 5.74) is -0.286. The Morgan fingerprint density at radius 2 is 1.52 bits per heavy atom. The van der Waals surface area contributed by atoms with E-state index in [2.05, 4.69) is 12.2 Å². The van der Waals surface area contributed by atoms with E-state index < -0.39 is 11.6 Å². The number of nitrogens with one attached hydrogen (secondary N) is 1. The first kappa shape index (κ1) is 18.8. The molecule has 2 aromatic carbocycles. The summed E-state index contributed by atoms with van der Waals surface area (Å²) in [5.74, 6) is 1.18. The highest BCUT2D eigenvalue weighted by Gasteiger charge is 2.48. The third-order valence-electron chi connectivity index (χ3n) is 4.51. The molecule has 1 saturated heterocycles. The molecule has 1 unspecified atom stereocenters. The minimum atomic E-state index is -1.05. The third-order valence-corrected chi connectivity index (χ3v) is 4.51. The van der Waals surface area contributed by atoms with Crippen molar-refractivity contribution >= 4 is 11.9 Å². The fraction of sp³-hybridized carbons (Fsp3) is 0.333. The van der Waals surface area contributed by atoms with E-state index in [1.54, 1.807) is 6.92 Å². The van der Waals surface area contributed by atoms with Crippen LogP contribution in [0.25, 0.3) is 0 Å². The van der Waals surface area contributed by atoms with Gasteiger partial charge in [0.05, 0.1) is 13.2 Å². The molecule has 1 N–H and O–H groups in total. The van der Waals surface area contributed by atoms with Crippen molar-refractivity contribution in [1.82, 2.24) is 10.2 Å². The fourth-order valence-electron chi connectivity index (χ4n) is 2.97. The molecular formula is C21H24N2O4. The summed E-state index contributed by atoms with van der Waals surface area (Å²) in [6.07, 6.45) is 0.950. The van der Waals surface area contributed by atoms with E-state index in [4.69, 9.17) is 9.47 Å². The highest BCUT2D eigenvalue weighted by Crippen LogP contribution is 2.28. The highest BCUT2D eigenvalue weighted by molar-refractivity contribution is 6.07. The molecule has 0 bridgehead atoms. The van der Waals surface area contributed by atoms with Crippen LogP contribution >= 0.6 is 0 Å². The molecule has 3 rings (SSSR count). The minimum Gasteiger partial charge on any atom is -0.494 e. The molecule has 6 nitrogen and oxygen atoms in total. The summed E-state index contributed by atoms with van der Waals surface area (Å²) in [4.78, 5) is 26.3. The van der Waals surface area contributed by atoms with Gasteiger partial charge in [-0.2, -0.15) is 0 Å². The van der Waals surface area contributed by atoms with Crippen LogP contribution in [0.5, 0.6) is 11.5 Å². The van der Waals surface area contributed by atoms with E-state index in [-0.39, 0.29) is 19.1 Å². The predicted octanol–water partition coefficient (Wildman–Crippen LogP) is 3.32. The van der Waals surface area contributed by atoms with Crippen LogP contribution in [0, 0.1) is 0 Å². The van der Waals surface area contributed by atoms with E-state index in [1.165, 1.54) is 4.90 Å². The lowest BCUT2D eigenvalue weighted by Gasteiger charge is -2.22. The van der Waals surface area contributed by atoms with E-state index in [9.17, 15) is 9.59 Å². The quantitative estimate of drug-likeness (QED) is 0.726. The number of hydrogen-bond donors (Lipinski definition) is 1. The molecule has 0 spiro atoms. The molecule has 27 heavy (non-hydrogen) atoms. The first-order valence-corrected chi connectivity index (χ1v) is 9.10. The number of imide groups is 1. The Hall–Kier alpha value is -3.02. The molecule has 1 aliphatic heterocycles. The number of benzene rings is 2. The fourth-order valence-corrected chi connectivity index (χ4v) is 2.97. The Labute approximate surface area is 159 Å². The number of hydrogen-bond acceptors (Lipinski definition) is 4. The van der Waals surface area contributed by atoms with Gasteiger partial charge < -0.3 is 14.8 Å². The summed E-state index contributed by atoms with van der Waals surface area (Å²) < 4.78 is 11.2. The van der Waals surface area contributed by atoms with Gasteiger partial charge in [-0.25, -0.2) is 4.79 Å². The van der Waals surface area contributed by atoms with Gasteiger partial charge in [0.1, 0.15) is 23.6 Å². The summed E-state index contributed by atoms with van der Waals surface area (Å²) >= 11 is 0. The zero-order chi connectivity index (χ0) is 19.3. The monoisotopic (exact) mass is 368 g/mol. The number of rotatable bonds is 8. The first-order valence-electron chi connectivity index (χ1n) is 9.10. The molecule has 0 aliphatic carbocycles. The van der Waals surface area contributed by atoms with Gasteiger partial charge in [-0.15, -0.1) is 0 Å². The van der Waals surface area contributed by atoms with Gasteiger partial charge in [0.2, 0.25) is 0 Å². The van der Waals surface area contributed by atoms with Gasteiger partial charge in [-0.1, -0.05) is 37.3 Å². The van der Waals surface area contributed by atoms with Crippen LogP contribution in [-0.2, 0) is 10.3 Å². The van der Waals surface area contributed by atoms with E-state index in [0.29, 0.717) is 12.4 Å². The summed E-state index contributed by atoms with van der Waals surface area (Å²) in [6.45, 7) is 4.85. The lowest BCUT2D eigenvalue weighted by Crippen LogP contribution is -2.41. The SMILES string of the molecule is CCCOc1ccc(OCCN2C(=O)NC(C)(c3ccccc3)C2=O)cc1. The standard InChI is InChI=1S/C21H24N2O4/c1-3-14-26-17-9-11-18(12-10-17)27-15-13-23-19(24)21(2,22-20(23)25)16-7-5-4-6-8-16/h4-12H,3,13-15H2,1-2H3,(H,22,25). The van der Waals surface area contributed by atoms with Crippen molar-refractivity contribution in [3.8, 4) is 11.5 Å². The number of carbonyl (C=O) groups is 2. The maximum atomic E-state index is 12.8. The smallest absolute Gasteiger partial charge is 0.325 e. The topological polar surface area (TPSA) is 67.9 Å². The molecule has 1 aliphatic rings.